The summed E-state index contributed by atoms with van der Waals surface area (Å²) in [5.74, 6) is 1.80. The van der Waals surface area contributed by atoms with Crippen LogP contribution in [0.15, 0.2) is 83.5 Å². The summed E-state index contributed by atoms with van der Waals surface area (Å²) >= 11 is 0. The number of nitrogens with one attached hydrogen (secondary N) is 1. The molecule has 10 heteroatoms. The van der Waals surface area contributed by atoms with Gasteiger partial charge >= 0.3 is 0 Å². The quantitative estimate of drug-likeness (QED) is 0.191. The van der Waals surface area contributed by atoms with E-state index in [4.69, 9.17) is 9.47 Å². The first-order valence-electron chi connectivity index (χ1n) is 10.9. The molecule has 1 aromatic carbocycles. The van der Waals surface area contributed by atoms with E-state index < -0.39 is 0 Å². The van der Waals surface area contributed by atoms with E-state index in [1.165, 1.54) is 0 Å². The average Bonchev–Trinajstić information content (AvgIpc) is 3.25. The second-order valence-electron chi connectivity index (χ2n) is 7.38. The number of aryl methyl sites for hydroxylation is 1. The summed E-state index contributed by atoms with van der Waals surface area (Å²) in [6, 6.07) is 11.6. The van der Waals surface area contributed by atoms with Gasteiger partial charge in [-0.1, -0.05) is 36.6 Å². The van der Waals surface area contributed by atoms with Crippen molar-refractivity contribution in [1.29, 1.82) is 0 Å². The number of aromatic nitrogens is 3. The van der Waals surface area contributed by atoms with Crippen molar-refractivity contribution < 1.29 is 9.47 Å². The predicted molar refractivity (Wildman–Crippen MR) is 137 cm³/mol. The van der Waals surface area contributed by atoms with Gasteiger partial charge in [-0.05, 0) is 29.3 Å². The van der Waals surface area contributed by atoms with Gasteiger partial charge in [0, 0.05) is 20.3 Å². The Kier molecular flexibility index (Phi) is 8.71. The van der Waals surface area contributed by atoms with E-state index in [-0.39, 0.29) is 6.61 Å². The zero-order chi connectivity index (χ0) is 25.2. The summed E-state index contributed by atoms with van der Waals surface area (Å²) in [4.78, 5) is 8.93. The van der Waals surface area contributed by atoms with Crippen molar-refractivity contribution >= 4 is 17.4 Å². The Morgan fingerprint density at radius 1 is 1.26 bits per heavy atom. The number of rotatable bonds is 11. The van der Waals surface area contributed by atoms with E-state index in [2.05, 4.69) is 43.9 Å². The van der Waals surface area contributed by atoms with Gasteiger partial charge in [0.25, 0.3) is 0 Å². The van der Waals surface area contributed by atoms with Crippen molar-refractivity contribution in [1.82, 2.24) is 19.8 Å². The lowest BCUT2D eigenvalue weighted by Crippen LogP contribution is -2.11. The topological polar surface area (TPSA) is 102 Å². The molecule has 0 spiro atoms. The van der Waals surface area contributed by atoms with E-state index >= 15 is 0 Å². The zero-order valence-electron chi connectivity index (χ0n) is 20.5. The maximum Gasteiger partial charge on any atom is 0.224 e. The van der Waals surface area contributed by atoms with Crippen molar-refractivity contribution in [3.8, 4) is 5.75 Å². The Morgan fingerprint density at radius 3 is 2.74 bits per heavy atom. The molecule has 0 saturated heterocycles. The molecule has 0 radical (unpaired) electrons. The number of anilines is 1. The molecule has 35 heavy (non-hydrogen) atoms. The summed E-state index contributed by atoms with van der Waals surface area (Å²) in [6.45, 7) is 8.70. The summed E-state index contributed by atoms with van der Waals surface area (Å²) < 4.78 is 13.3. The summed E-state index contributed by atoms with van der Waals surface area (Å²) in [5.41, 5.74) is 3.93. The molecule has 2 heterocycles. The first-order chi connectivity index (χ1) is 17.0. The Morgan fingerprint density at radius 2 is 2.09 bits per heavy atom. The van der Waals surface area contributed by atoms with Crippen molar-refractivity contribution in [3.63, 3.8) is 0 Å². The van der Waals surface area contributed by atoms with Gasteiger partial charge < -0.3 is 14.8 Å². The fourth-order valence-corrected chi connectivity index (χ4v) is 3.26. The van der Waals surface area contributed by atoms with Crippen molar-refractivity contribution in [2.45, 2.75) is 13.2 Å². The number of nitrogens with zero attached hydrogens (tertiary/aromatic N) is 7. The third kappa shape index (κ3) is 6.53. The molecule has 3 rings (SSSR count). The molecule has 0 amide bonds. The van der Waals surface area contributed by atoms with Gasteiger partial charge in [-0.15, -0.1) is 0 Å². The smallest absolute Gasteiger partial charge is 0.224 e. The van der Waals surface area contributed by atoms with E-state index in [0.29, 0.717) is 29.5 Å². The van der Waals surface area contributed by atoms with Gasteiger partial charge in [0.05, 0.1) is 50.1 Å². The molecule has 0 aliphatic carbocycles. The largest absolute Gasteiger partial charge is 0.486 e. The summed E-state index contributed by atoms with van der Waals surface area (Å²) in [5, 5.41) is 16.8. The Balaban J connectivity index is 1.80. The van der Waals surface area contributed by atoms with Crippen LogP contribution in [0.1, 0.15) is 22.4 Å². The Hall–Kier alpha value is -4.47. The number of ether oxygens (including phenoxy) is 2. The second kappa shape index (κ2) is 12.1. The monoisotopic (exact) mass is 474 g/mol. The number of methoxy groups -OCH3 is 1. The van der Waals surface area contributed by atoms with E-state index in [1.807, 2.05) is 50.5 Å². The minimum Gasteiger partial charge on any atom is -0.486 e. The molecule has 0 aliphatic rings. The van der Waals surface area contributed by atoms with Crippen LogP contribution in [0.5, 0.6) is 5.75 Å². The molecule has 0 aliphatic heterocycles. The third-order valence-electron chi connectivity index (χ3n) is 5.11. The van der Waals surface area contributed by atoms with Crippen LogP contribution in [0.25, 0.3) is 5.70 Å². The number of hydrogen-bond donors (Lipinski definition) is 1. The molecule has 0 unspecified atom stereocenters. The third-order valence-corrected chi connectivity index (χ3v) is 5.11. The van der Waals surface area contributed by atoms with Crippen LogP contribution in [0.2, 0.25) is 0 Å². The van der Waals surface area contributed by atoms with Gasteiger partial charge in [-0.2, -0.15) is 10.2 Å². The zero-order valence-corrected chi connectivity index (χ0v) is 20.5. The fraction of sp³-hybridized carbons (Fsp3) is 0.240. The SMILES string of the molecule is C=CN(Cc1cccc(C(=C)N=C(OC)c2cnn(C)c2COc2ccc(NC)nc2)c1)N=NC. The highest BCUT2D eigenvalue weighted by atomic mass is 16.5. The molecule has 0 atom stereocenters. The van der Waals surface area contributed by atoms with Crippen molar-refractivity contribution in [2.75, 3.05) is 26.5 Å². The van der Waals surface area contributed by atoms with Gasteiger partial charge in [0.1, 0.15) is 18.2 Å². The number of pyridine rings is 1. The van der Waals surface area contributed by atoms with Crippen molar-refractivity contribution in [3.05, 3.63) is 90.5 Å². The average molecular weight is 475 g/mol. The molecular weight excluding hydrogens is 444 g/mol. The molecule has 3 aromatic rings. The normalized spacial score (nSPS) is 11.4. The molecule has 182 valence electrons. The van der Waals surface area contributed by atoms with Gasteiger partial charge in [0.15, 0.2) is 0 Å². The summed E-state index contributed by atoms with van der Waals surface area (Å²) in [6.07, 6.45) is 4.98. The van der Waals surface area contributed by atoms with E-state index in [0.717, 1.165) is 22.6 Å². The number of hydrogen-bond acceptors (Lipinski definition) is 8. The molecule has 10 nitrogen and oxygen atoms in total. The minimum atomic E-state index is 0.264. The molecular formula is C25H30N8O2. The van der Waals surface area contributed by atoms with Crippen LogP contribution in [0.3, 0.4) is 0 Å². The van der Waals surface area contributed by atoms with Gasteiger partial charge in [-0.25, -0.2) is 9.98 Å². The highest BCUT2D eigenvalue weighted by Crippen LogP contribution is 2.21. The van der Waals surface area contributed by atoms with Gasteiger partial charge in [0.2, 0.25) is 5.90 Å². The fourth-order valence-electron chi connectivity index (χ4n) is 3.26. The molecule has 0 bridgehead atoms. The number of aliphatic imine (C=N–C) groups is 1. The van der Waals surface area contributed by atoms with Crippen LogP contribution in [-0.2, 0) is 24.9 Å². The lowest BCUT2D eigenvalue weighted by molar-refractivity contribution is 0.292. The Labute approximate surface area is 205 Å². The number of benzene rings is 1. The van der Waals surface area contributed by atoms with Crippen molar-refractivity contribution in [2.24, 2.45) is 22.4 Å². The Bertz CT molecular complexity index is 1210. The minimum absolute atomic E-state index is 0.264. The van der Waals surface area contributed by atoms with Crippen LogP contribution in [0.4, 0.5) is 5.82 Å². The first-order valence-corrected chi connectivity index (χ1v) is 10.9. The van der Waals surface area contributed by atoms with E-state index in [9.17, 15) is 0 Å². The summed E-state index contributed by atoms with van der Waals surface area (Å²) in [7, 11) is 6.84. The van der Waals surface area contributed by atoms with Crippen LogP contribution in [-0.4, -0.2) is 46.9 Å². The molecule has 0 saturated carbocycles. The van der Waals surface area contributed by atoms with Crippen LogP contribution in [0, 0.1) is 0 Å². The molecule has 2 aromatic heterocycles. The van der Waals surface area contributed by atoms with Crippen LogP contribution < -0.4 is 10.1 Å². The second-order valence-corrected chi connectivity index (χ2v) is 7.38. The molecule has 1 N–H and O–H groups in total. The highest BCUT2D eigenvalue weighted by molar-refractivity contribution is 5.98. The maximum absolute atomic E-state index is 5.93. The standard InChI is InChI=1S/C25H30N8O2/c1-7-33(31-27-4)16-19-9-8-10-20(13-19)18(2)30-25(34-6)22-15-29-32(5)23(22)17-35-21-11-12-24(26-3)28-14-21/h7-15H,1-2,16-17H2,3-6H3,(H,26,28). The predicted octanol–water partition coefficient (Wildman–Crippen LogP) is 4.44. The van der Waals surface area contributed by atoms with Gasteiger partial charge in [-0.3, -0.25) is 9.69 Å². The molecule has 0 fully saturated rings. The maximum atomic E-state index is 5.93. The lowest BCUT2D eigenvalue weighted by atomic mass is 10.1. The lowest BCUT2D eigenvalue weighted by Gasteiger charge is -2.13. The van der Waals surface area contributed by atoms with Crippen LogP contribution >= 0.6 is 0 Å². The highest BCUT2D eigenvalue weighted by Gasteiger charge is 2.17. The first kappa shape index (κ1) is 25.2. The van der Waals surface area contributed by atoms with E-state index in [1.54, 1.807) is 42.4 Å².